The molecule has 0 radical (unpaired) electrons. The van der Waals surface area contributed by atoms with E-state index in [1.165, 1.54) is 0 Å². The summed E-state index contributed by atoms with van der Waals surface area (Å²) in [5, 5.41) is 2.91. The molecule has 0 heterocycles. The third kappa shape index (κ3) is 4.11. The van der Waals surface area contributed by atoms with Gasteiger partial charge >= 0.3 is 0 Å². The highest BCUT2D eigenvalue weighted by Crippen LogP contribution is 2.30. The Bertz CT molecular complexity index is 497. The molecule has 0 saturated carbocycles. The highest BCUT2D eigenvalue weighted by atomic mass is 16.5. The summed E-state index contributed by atoms with van der Waals surface area (Å²) in [5.74, 6) is 1.00. The Hall–Kier alpha value is -1.75. The standard InChI is InChI=1S/C16H26N2O3/c1-6-16(17,7-2)10-18-15(19)12-9-14(21-5)13(20-4)8-11(12)3/h8-9H,6-7,10,17H2,1-5H3,(H,18,19). The summed E-state index contributed by atoms with van der Waals surface area (Å²) >= 11 is 0. The van der Waals surface area contributed by atoms with Crippen molar-refractivity contribution in [3.05, 3.63) is 23.3 Å². The topological polar surface area (TPSA) is 73.6 Å². The van der Waals surface area contributed by atoms with Crippen molar-refractivity contribution in [1.29, 1.82) is 0 Å². The molecule has 1 aromatic rings. The molecule has 0 spiro atoms. The van der Waals surface area contributed by atoms with Crippen LogP contribution in [0.1, 0.15) is 42.6 Å². The van der Waals surface area contributed by atoms with E-state index >= 15 is 0 Å². The Labute approximate surface area is 126 Å². The Balaban J connectivity index is 2.93. The molecular formula is C16H26N2O3. The van der Waals surface area contributed by atoms with Gasteiger partial charge in [-0.1, -0.05) is 13.8 Å². The van der Waals surface area contributed by atoms with Crippen LogP contribution in [-0.4, -0.2) is 32.2 Å². The largest absolute Gasteiger partial charge is 0.493 e. The Morgan fingerprint density at radius 1 is 1.19 bits per heavy atom. The van der Waals surface area contributed by atoms with Crippen LogP contribution in [0.15, 0.2) is 12.1 Å². The van der Waals surface area contributed by atoms with Crippen molar-refractivity contribution in [3.8, 4) is 11.5 Å². The molecule has 5 nitrogen and oxygen atoms in total. The number of nitrogens with two attached hydrogens (primary N) is 1. The number of ether oxygens (including phenoxy) is 2. The minimum absolute atomic E-state index is 0.148. The number of rotatable bonds is 7. The number of carbonyl (C=O) groups excluding carboxylic acids is 1. The van der Waals surface area contributed by atoms with Gasteiger partial charge in [0.2, 0.25) is 0 Å². The molecule has 1 aromatic carbocycles. The van der Waals surface area contributed by atoms with Gasteiger partial charge in [0.15, 0.2) is 11.5 Å². The zero-order valence-electron chi connectivity index (χ0n) is 13.6. The van der Waals surface area contributed by atoms with Gasteiger partial charge in [0, 0.05) is 17.6 Å². The lowest BCUT2D eigenvalue weighted by Crippen LogP contribution is -2.49. The molecule has 5 heteroatoms. The van der Waals surface area contributed by atoms with Crippen LogP contribution in [0.5, 0.6) is 11.5 Å². The molecule has 1 rings (SSSR count). The Kier molecular flexibility index (Phi) is 6.03. The van der Waals surface area contributed by atoms with Crippen LogP contribution in [0.2, 0.25) is 0 Å². The van der Waals surface area contributed by atoms with E-state index in [-0.39, 0.29) is 11.4 Å². The third-order valence-electron chi connectivity index (χ3n) is 3.98. The maximum Gasteiger partial charge on any atom is 0.251 e. The summed E-state index contributed by atoms with van der Waals surface area (Å²) in [7, 11) is 3.12. The van der Waals surface area contributed by atoms with Crippen molar-refractivity contribution < 1.29 is 14.3 Å². The Morgan fingerprint density at radius 3 is 2.19 bits per heavy atom. The first-order chi connectivity index (χ1) is 9.90. The first-order valence-corrected chi connectivity index (χ1v) is 7.20. The summed E-state index contributed by atoms with van der Waals surface area (Å²) in [6.45, 7) is 6.37. The fourth-order valence-corrected chi connectivity index (χ4v) is 2.08. The monoisotopic (exact) mass is 294 g/mol. The van der Waals surface area contributed by atoms with Gasteiger partial charge in [-0.05, 0) is 37.5 Å². The second-order valence-corrected chi connectivity index (χ2v) is 5.27. The van der Waals surface area contributed by atoms with Gasteiger partial charge in [0.1, 0.15) is 0 Å². The number of amides is 1. The first kappa shape index (κ1) is 17.3. The van der Waals surface area contributed by atoms with Crippen LogP contribution < -0.4 is 20.5 Å². The van der Waals surface area contributed by atoms with Crippen LogP contribution >= 0.6 is 0 Å². The zero-order valence-corrected chi connectivity index (χ0v) is 13.6. The van der Waals surface area contributed by atoms with E-state index in [4.69, 9.17) is 15.2 Å². The number of aryl methyl sites for hydroxylation is 1. The van der Waals surface area contributed by atoms with Crippen LogP contribution in [0.25, 0.3) is 0 Å². The van der Waals surface area contributed by atoms with Crippen molar-refractivity contribution in [2.45, 2.75) is 39.2 Å². The van der Waals surface area contributed by atoms with Crippen molar-refractivity contribution in [1.82, 2.24) is 5.32 Å². The van der Waals surface area contributed by atoms with E-state index in [2.05, 4.69) is 5.32 Å². The minimum atomic E-state index is -0.361. The number of hydrogen-bond donors (Lipinski definition) is 2. The first-order valence-electron chi connectivity index (χ1n) is 7.20. The molecule has 3 N–H and O–H groups in total. The van der Waals surface area contributed by atoms with Gasteiger partial charge in [-0.15, -0.1) is 0 Å². The fraction of sp³-hybridized carbons (Fsp3) is 0.562. The van der Waals surface area contributed by atoms with Crippen LogP contribution in [0, 0.1) is 6.92 Å². The molecule has 118 valence electrons. The average molecular weight is 294 g/mol. The molecule has 0 saturated heterocycles. The number of benzene rings is 1. The molecule has 0 aromatic heterocycles. The molecule has 21 heavy (non-hydrogen) atoms. The number of nitrogens with one attached hydrogen (secondary N) is 1. The van der Waals surface area contributed by atoms with Gasteiger partial charge in [-0.25, -0.2) is 0 Å². The van der Waals surface area contributed by atoms with Gasteiger partial charge in [0.25, 0.3) is 5.91 Å². The number of carbonyl (C=O) groups is 1. The third-order valence-corrected chi connectivity index (χ3v) is 3.98. The highest BCUT2D eigenvalue weighted by molar-refractivity contribution is 5.96. The predicted molar refractivity (Wildman–Crippen MR) is 84.1 cm³/mol. The molecule has 0 atom stereocenters. The van der Waals surface area contributed by atoms with Crippen LogP contribution in [0.3, 0.4) is 0 Å². The molecule has 0 bridgehead atoms. The number of hydrogen-bond acceptors (Lipinski definition) is 4. The van der Waals surface area contributed by atoms with E-state index in [0.29, 0.717) is 23.6 Å². The van der Waals surface area contributed by atoms with Gasteiger partial charge in [-0.2, -0.15) is 0 Å². The summed E-state index contributed by atoms with van der Waals surface area (Å²) in [4.78, 5) is 12.3. The molecule has 1 amide bonds. The molecule has 0 aliphatic heterocycles. The van der Waals surface area contributed by atoms with Crippen molar-refractivity contribution in [2.75, 3.05) is 20.8 Å². The molecular weight excluding hydrogens is 268 g/mol. The highest BCUT2D eigenvalue weighted by Gasteiger charge is 2.22. The van der Waals surface area contributed by atoms with E-state index < -0.39 is 0 Å². The van der Waals surface area contributed by atoms with Crippen molar-refractivity contribution in [3.63, 3.8) is 0 Å². The van der Waals surface area contributed by atoms with Gasteiger partial charge < -0.3 is 20.5 Å². The van der Waals surface area contributed by atoms with Crippen molar-refractivity contribution in [2.24, 2.45) is 5.73 Å². The predicted octanol–water partition coefficient (Wildman–Crippen LogP) is 2.26. The Morgan fingerprint density at radius 2 is 1.71 bits per heavy atom. The number of methoxy groups -OCH3 is 2. The van der Waals surface area contributed by atoms with E-state index in [0.717, 1.165) is 18.4 Å². The minimum Gasteiger partial charge on any atom is -0.493 e. The fourth-order valence-electron chi connectivity index (χ4n) is 2.08. The van der Waals surface area contributed by atoms with Crippen molar-refractivity contribution >= 4 is 5.91 Å². The average Bonchev–Trinajstić information content (AvgIpc) is 2.51. The zero-order chi connectivity index (χ0) is 16.0. The lowest BCUT2D eigenvalue weighted by atomic mass is 9.94. The summed E-state index contributed by atoms with van der Waals surface area (Å²) in [5.41, 5.74) is 7.25. The lowest BCUT2D eigenvalue weighted by Gasteiger charge is -2.27. The van der Waals surface area contributed by atoms with Gasteiger partial charge in [-0.3, -0.25) is 4.79 Å². The molecule has 0 fully saturated rings. The lowest BCUT2D eigenvalue weighted by molar-refractivity contribution is 0.0941. The van der Waals surface area contributed by atoms with Gasteiger partial charge in [0.05, 0.1) is 14.2 Å². The summed E-state index contributed by atoms with van der Waals surface area (Å²) in [6.07, 6.45) is 1.63. The molecule has 0 unspecified atom stereocenters. The SMILES string of the molecule is CCC(N)(CC)CNC(=O)c1cc(OC)c(OC)cc1C. The normalized spacial score (nSPS) is 11.1. The molecule has 0 aliphatic rings. The molecule has 0 aliphatic carbocycles. The van der Waals surface area contributed by atoms with E-state index in [9.17, 15) is 4.79 Å². The smallest absolute Gasteiger partial charge is 0.251 e. The summed E-state index contributed by atoms with van der Waals surface area (Å²) in [6, 6.07) is 3.49. The van der Waals surface area contributed by atoms with Crippen LogP contribution in [-0.2, 0) is 0 Å². The maximum atomic E-state index is 12.3. The maximum absolute atomic E-state index is 12.3. The second kappa shape index (κ2) is 7.31. The van der Waals surface area contributed by atoms with E-state index in [1.54, 1.807) is 26.4 Å². The van der Waals surface area contributed by atoms with E-state index in [1.807, 2.05) is 20.8 Å². The second-order valence-electron chi connectivity index (χ2n) is 5.27. The van der Waals surface area contributed by atoms with Crippen LogP contribution in [0.4, 0.5) is 0 Å². The summed E-state index contributed by atoms with van der Waals surface area (Å²) < 4.78 is 10.5. The quantitative estimate of drug-likeness (QED) is 0.809.